The summed E-state index contributed by atoms with van der Waals surface area (Å²) in [5.41, 5.74) is 8.33. The lowest BCUT2D eigenvalue weighted by Gasteiger charge is -2.34. The fraction of sp³-hybridized carbons (Fsp3) is 0.471. The van der Waals surface area contributed by atoms with Gasteiger partial charge in [0.15, 0.2) is 0 Å². The SMILES string of the molecule is CC1CN(Cc2cnn(Cc3ccc(F)cc3)c2)CCC1N. The molecule has 1 saturated heterocycles. The fourth-order valence-electron chi connectivity index (χ4n) is 3.00. The molecular weight excluding hydrogens is 279 g/mol. The van der Waals surface area contributed by atoms with Crippen molar-refractivity contribution in [2.45, 2.75) is 32.5 Å². The average molecular weight is 302 g/mol. The second-order valence-corrected chi connectivity index (χ2v) is 6.34. The van der Waals surface area contributed by atoms with Crippen molar-refractivity contribution in [2.75, 3.05) is 13.1 Å². The molecular formula is C17H23FN4. The monoisotopic (exact) mass is 302 g/mol. The molecule has 0 bridgehead atoms. The van der Waals surface area contributed by atoms with Gasteiger partial charge in [0.05, 0.1) is 12.7 Å². The third kappa shape index (κ3) is 3.72. The van der Waals surface area contributed by atoms with E-state index < -0.39 is 0 Å². The molecule has 3 rings (SSSR count). The molecule has 2 N–H and O–H groups in total. The van der Waals surface area contributed by atoms with Gasteiger partial charge in [-0.1, -0.05) is 19.1 Å². The van der Waals surface area contributed by atoms with Crippen molar-refractivity contribution in [1.82, 2.24) is 14.7 Å². The highest BCUT2D eigenvalue weighted by atomic mass is 19.1. The number of likely N-dealkylation sites (tertiary alicyclic amines) is 1. The first-order valence-electron chi connectivity index (χ1n) is 7.84. The molecule has 2 unspecified atom stereocenters. The molecule has 118 valence electrons. The zero-order valence-electron chi connectivity index (χ0n) is 13.0. The van der Waals surface area contributed by atoms with Crippen LogP contribution in [0.3, 0.4) is 0 Å². The summed E-state index contributed by atoms with van der Waals surface area (Å²) in [6.07, 6.45) is 5.05. The summed E-state index contributed by atoms with van der Waals surface area (Å²) in [7, 11) is 0. The Morgan fingerprint density at radius 2 is 2.00 bits per heavy atom. The van der Waals surface area contributed by atoms with Gasteiger partial charge in [0, 0.05) is 30.9 Å². The van der Waals surface area contributed by atoms with E-state index in [0.717, 1.165) is 31.6 Å². The molecule has 4 nitrogen and oxygen atoms in total. The van der Waals surface area contributed by atoms with Gasteiger partial charge in [0.1, 0.15) is 5.82 Å². The van der Waals surface area contributed by atoms with Gasteiger partial charge in [-0.3, -0.25) is 9.58 Å². The van der Waals surface area contributed by atoms with Crippen molar-refractivity contribution < 1.29 is 4.39 Å². The van der Waals surface area contributed by atoms with E-state index >= 15 is 0 Å². The zero-order chi connectivity index (χ0) is 15.5. The van der Waals surface area contributed by atoms with Crippen LogP contribution in [0, 0.1) is 11.7 Å². The lowest BCUT2D eigenvalue weighted by molar-refractivity contribution is 0.158. The third-order valence-corrected chi connectivity index (χ3v) is 4.41. The Balaban J connectivity index is 1.58. The van der Waals surface area contributed by atoms with Gasteiger partial charge in [0.2, 0.25) is 0 Å². The number of piperidine rings is 1. The van der Waals surface area contributed by atoms with Gasteiger partial charge in [-0.15, -0.1) is 0 Å². The first-order chi connectivity index (χ1) is 10.6. The summed E-state index contributed by atoms with van der Waals surface area (Å²) in [4.78, 5) is 2.44. The second kappa shape index (κ2) is 6.58. The summed E-state index contributed by atoms with van der Waals surface area (Å²) in [6, 6.07) is 6.89. The van der Waals surface area contributed by atoms with E-state index in [1.54, 1.807) is 12.1 Å². The molecule has 5 heteroatoms. The molecule has 2 aromatic rings. The van der Waals surface area contributed by atoms with E-state index in [0.29, 0.717) is 18.5 Å². The van der Waals surface area contributed by atoms with Crippen LogP contribution < -0.4 is 5.73 Å². The maximum atomic E-state index is 12.9. The molecule has 1 aliphatic rings. The Labute approximate surface area is 130 Å². The number of rotatable bonds is 4. The molecule has 22 heavy (non-hydrogen) atoms. The van der Waals surface area contributed by atoms with Crippen LogP contribution in [0.25, 0.3) is 0 Å². The summed E-state index contributed by atoms with van der Waals surface area (Å²) >= 11 is 0. The minimum atomic E-state index is -0.206. The standard InChI is InChI=1S/C17H23FN4/c1-13-9-21(7-6-17(13)19)10-15-8-20-22(12-15)11-14-2-4-16(18)5-3-14/h2-5,8,12-13,17H,6-7,9-11,19H2,1H3. The predicted molar refractivity (Wildman–Crippen MR) is 84.8 cm³/mol. The van der Waals surface area contributed by atoms with Crippen LogP contribution in [0.1, 0.15) is 24.5 Å². The summed E-state index contributed by atoms with van der Waals surface area (Å²) in [6.45, 7) is 5.90. The van der Waals surface area contributed by atoms with Gasteiger partial charge < -0.3 is 5.73 Å². The Kier molecular flexibility index (Phi) is 4.55. The molecule has 0 spiro atoms. The van der Waals surface area contributed by atoms with Crippen LogP contribution in [0.4, 0.5) is 4.39 Å². The number of benzene rings is 1. The van der Waals surface area contributed by atoms with E-state index in [2.05, 4.69) is 23.1 Å². The molecule has 1 aliphatic heterocycles. The molecule has 2 heterocycles. The summed E-state index contributed by atoms with van der Waals surface area (Å²) < 4.78 is 14.8. The molecule has 1 fully saturated rings. The maximum Gasteiger partial charge on any atom is 0.123 e. The Hall–Kier alpha value is -1.72. The largest absolute Gasteiger partial charge is 0.327 e. The van der Waals surface area contributed by atoms with Gasteiger partial charge in [-0.05, 0) is 36.6 Å². The Morgan fingerprint density at radius 3 is 2.73 bits per heavy atom. The maximum absolute atomic E-state index is 12.9. The van der Waals surface area contributed by atoms with Crippen molar-refractivity contribution in [3.63, 3.8) is 0 Å². The van der Waals surface area contributed by atoms with E-state index in [1.807, 2.05) is 10.9 Å². The summed E-state index contributed by atoms with van der Waals surface area (Å²) in [5, 5.41) is 4.40. The lowest BCUT2D eigenvalue weighted by Crippen LogP contribution is -2.45. The van der Waals surface area contributed by atoms with Crippen LogP contribution >= 0.6 is 0 Å². The van der Waals surface area contributed by atoms with Crippen LogP contribution in [-0.4, -0.2) is 33.8 Å². The van der Waals surface area contributed by atoms with Crippen LogP contribution in [0.2, 0.25) is 0 Å². The highest BCUT2D eigenvalue weighted by Gasteiger charge is 2.23. The van der Waals surface area contributed by atoms with E-state index in [-0.39, 0.29) is 5.82 Å². The quantitative estimate of drug-likeness (QED) is 0.942. The molecule has 0 amide bonds. The molecule has 0 radical (unpaired) electrons. The smallest absolute Gasteiger partial charge is 0.123 e. The molecule has 1 aromatic heterocycles. The molecule has 0 saturated carbocycles. The van der Waals surface area contributed by atoms with Crippen molar-refractivity contribution >= 4 is 0 Å². The number of aromatic nitrogens is 2. The van der Waals surface area contributed by atoms with Gasteiger partial charge >= 0.3 is 0 Å². The third-order valence-electron chi connectivity index (χ3n) is 4.41. The first kappa shape index (κ1) is 15.2. The van der Waals surface area contributed by atoms with Crippen molar-refractivity contribution in [1.29, 1.82) is 0 Å². The fourth-order valence-corrected chi connectivity index (χ4v) is 3.00. The van der Waals surface area contributed by atoms with Crippen LogP contribution in [-0.2, 0) is 13.1 Å². The van der Waals surface area contributed by atoms with Crippen molar-refractivity contribution in [2.24, 2.45) is 11.7 Å². The minimum absolute atomic E-state index is 0.206. The van der Waals surface area contributed by atoms with Gasteiger partial charge in [0.25, 0.3) is 0 Å². The lowest BCUT2D eigenvalue weighted by atomic mass is 9.95. The summed E-state index contributed by atoms with van der Waals surface area (Å²) in [5.74, 6) is 0.338. The number of halogens is 1. The van der Waals surface area contributed by atoms with Crippen molar-refractivity contribution in [3.8, 4) is 0 Å². The topological polar surface area (TPSA) is 47.1 Å². The Bertz CT molecular complexity index is 607. The number of nitrogens with two attached hydrogens (primary N) is 1. The zero-order valence-corrected chi connectivity index (χ0v) is 13.0. The molecule has 1 aromatic carbocycles. The average Bonchev–Trinajstić information content (AvgIpc) is 2.93. The molecule has 2 atom stereocenters. The second-order valence-electron chi connectivity index (χ2n) is 6.34. The minimum Gasteiger partial charge on any atom is -0.327 e. The van der Waals surface area contributed by atoms with Crippen molar-refractivity contribution in [3.05, 3.63) is 53.6 Å². The number of hydrogen-bond donors (Lipinski definition) is 1. The van der Waals surface area contributed by atoms with Gasteiger partial charge in [-0.25, -0.2) is 4.39 Å². The van der Waals surface area contributed by atoms with E-state index in [9.17, 15) is 4.39 Å². The number of hydrogen-bond acceptors (Lipinski definition) is 3. The first-order valence-corrected chi connectivity index (χ1v) is 7.84. The van der Waals surface area contributed by atoms with Crippen LogP contribution in [0.15, 0.2) is 36.7 Å². The highest BCUT2D eigenvalue weighted by Crippen LogP contribution is 2.17. The number of nitrogens with zero attached hydrogens (tertiary/aromatic N) is 3. The molecule has 0 aliphatic carbocycles. The van der Waals surface area contributed by atoms with Crippen LogP contribution in [0.5, 0.6) is 0 Å². The highest BCUT2D eigenvalue weighted by molar-refractivity contribution is 5.16. The van der Waals surface area contributed by atoms with E-state index in [4.69, 9.17) is 5.73 Å². The predicted octanol–water partition coefficient (Wildman–Crippen LogP) is 2.24. The van der Waals surface area contributed by atoms with E-state index in [1.165, 1.54) is 17.7 Å². The Morgan fingerprint density at radius 1 is 1.23 bits per heavy atom. The normalized spacial score (nSPS) is 22.9. The van der Waals surface area contributed by atoms with Gasteiger partial charge in [-0.2, -0.15) is 5.10 Å².